The fraction of sp³-hybridized carbons (Fsp3) is 0.412. The molecule has 0 bridgehead atoms. The molecule has 1 fully saturated rings. The Morgan fingerprint density at radius 1 is 1.14 bits per heavy atom. The van der Waals surface area contributed by atoms with Crippen LogP contribution in [0.2, 0.25) is 0 Å². The Hall–Kier alpha value is -1.65. The summed E-state index contributed by atoms with van der Waals surface area (Å²) in [4.78, 5) is 2.36. The largest absolute Gasteiger partial charge is 0.460 e. The summed E-state index contributed by atoms with van der Waals surface area (Å²) in [5.74, 6) is 1.48. The van der Waals surface area contributed by atoms with Gasteiger partial charge in [0.15, 0.2) is 0 Å². The van der Waals surface area contributed by atoms with Crippen molar-refractivity contribution in [3.63, 3.8) is 0 Å². The number of hydrogen-bond donors (Lipinski definition) is 1. The number of rotatable bonds is 4. The van der Waals surface area contributed by atoms with Crippen molar-refractivity contribution in [2.75, 3.05) is 20.1 Å². The first-order valence-corrected chi connectivity index (χ1v) is 7.47. The van der Waals surface area contributed by atoms with Crippen molar-refractivity contribution < 1.29 is 8.81 Å². The van der Waals surface area contributed by atoms with Crippen molar-refractivity contribution in [2.24, 2.45) is 0 Å². The quantitative estimate of drug-likeness (QED) is 0.936. The summed E-state index contributed by atoms with van der Waals surface area (Å²) >= 11 is 0. The number of piperidine rings is 1. The van der Waals surface area contributed by atoms with E-state index in [0.29, 0.717) is 6.04 Å². The molecule has 1 aliphatic heterocycles. The van der Waals surface area contributed by atoms with Gasteiger partial charge in [-0.3, -0.25) is 0 Å². The first-order valence-electron chi connectivity index (χ1n) is 7.47. The monoisotopic (exact) mass is 288 g/mol. The van der Waals surface area contributed by atoms with Gasteiger partial charge in [0.1, 0.15) is 17.3 Å². The van der Waals surface area contributed by atoms with E-state index in [0.717, 1.165) is 36.7 Å². The van der Waals surface area contributed by atoms with Crippen molar-refractivity contribution >= 4 is 0 Å². The van der Waals surface area contributed by atoms with E-state index in [-0.39, 0.29) is 5.82 Å². The second-order valence-corrected chi connectivity index (χ2v) is 5.73. The number of furan rings is 1. The van der Waals surface area contributed by atoms with Gasteiger partial charge in [0.2, 0.25) is 0 Å². The minimum Gasteiger partial charge on any atom is -0.460 e. The molecule has 112 valence electrons. The van der Waals surface area contributed by atoms with Gasteiger partial charge in [-0.25, -0.2) is 4.39 Å². The van der Waals surface area contributed by atoms with Crippen LogP contribution in [0, 0.1) is 5.82 Å². The molecule has 2 aromatic rings. The van der Waals surface area contributed by atoms with Crippen LogP contribution in [0.15, 0.2) is 40.8 Å². The van der Waals surface area contributed by atoms with Crippen LogP contribution in [0.4, 0.5) is 4.39 Å². The standard InChI is InChI=1S/C17H21FN2O/c1-20-10-8-15(9-11-20)19-12-16-6-7-17(21-16)13-2-4-14(18)5-3-13/h2-7,15,19H,8-12H2,1H3. The van der Waals surface area contributed by atoms with Gasteiger partial charge < -0.3 is 14.6 Å². The number of hydrogen-bond acceptors (Lipinski definition) is 3. The van der Waals surface area contributed by atoms with Gasteiger partial charge in [0.05, 0.1) is 6.54 Å². The molecular weight excluding hydrogens is 267 g/mol. The van der Waals surface area contributed by atoms with Crippen molar-refractivity contribution in [3.8, 4) is 11.3 Å². The van der Waals surface area contributed by atoms with Gasteiger partial charge in [-0.05, 0) is 69.4 Å². The fourth-order valence-corrected chi connectivity index (χ4v) is 2.70. The maximum atomic E-state index is 12.9. The Labute approximate surface area is 124 Å². The normalized spacial score (nSPS) is 17.2. The first-order chi connectivity index (χ1) is 10.2. The predicted octanol–water partition coefficient (Wildman–Crippen LogP) is 3.27. The Kier molecular flexibility index (Phi) is 4.36. The number of halogens is 1. The lowest BCUT2D eigenvalue weighted by atomic mass is 10.1. The highest BCUT2D eigenvalue weighted by molar-refractivity contribution is 5.57. The molecule has 0 radical (unpaired) electrons. The molecule has 3 nitrogen and oxygen atoms in total. The van der Waals surface area contributed by atoms with Gasteiger partial charge in [-0.1, -0.05) is 0 Å². The molecule has 0 spiro atoms. The summed E-state index contributed by atoms with van der Waals surface area (Å²) in [5, 5.41) is 3.55. The maximum Gasteiger partial charge on any atom is 0.134 e. The summed E-state index contributed by atoms with van der Waals surface area (Å²) in [7, 11) is 2.16. The van der Waals surface area contributed by atoms with Crippen LogP contribution in [0.1, 0.15) is 18.6 Å². The molecule has 0 amide bonds. The zero-order valence-electron chi connectivity index (χ0n) is 12.3. The molecule has 0 unspecified atom stereocenters. The van der Waals surface area contributed by atoms with Crippen molar-refractivity contribution in [3.05, 3.63) is 48.0 Å². The fourth-order valence-electron chi connectivity index (χ4n) is 2.70. The van der Waals surface area contributed by atoms with Crippen LogP contribution in [-0.2, 0) is 6.54 Å². The third-order valence-electron chi connectivity index (χ3n) is 4.07. The molecule has 3 rings (SSSR count). The molecule has 4 heteroatoms. The Balaban J connectivity index is 1.56. The van der Waals surface area contributed by atoms with Gasteiger partial charge in [-0.2, -0.15) is 0 Å². The molecule has 1 aliphatic rings. The second kappa shape index (κ2) is 6.41. The molecule has 21 heavy (non-hydrogen) atoms. The van der Waals surface area contributed by atoms with Crippen LogP contribution in [0.25, 0.3) is 11.3 Å². The average Bonchev–Trinajstić information content (AvgIpc) is 2.96. The van der Waals surface area contributed by atoms with E-state index in [1.807, 2.05) is 12.1 Å². The number of benzene rings is 1. The van der Waals surface area contributed by atoms with E-state index < -0.39 is 0 Å². The molecule has 1 aromatic carbocycles. The Bertz CT molecular complexity index is 571. The van der Waals surface area contributed by atoms with E-state index in [9.17, 15) is 4.39 Å². The summed E-state index contributed by atoms with van der Waals surface area (Å²) < 4.78 is 18.7. The molecule has 0 aliphatic carbocycles. The van der Waals surface area contributed by atoms with Gasteiger partial charge in [-0.15, -0.1) is 0 Å². The van der Waals surface area contributed by atoms with Crippen molar-refractivity contribution in [1.29, 1.82) is 0 Å². The van der Waals surface area contributed by atoms with E-state index in [4.69, 9.17) is 4.42 Å². The number of nitrogens with zero attached hydrogens (tertiary/aromatic N) is 1. The molecule has 1 saturated heterocycles. The van der Waals surface area contributed by atoms with Gasteiger partial charge >= 0.3 is 0 Å². The lowest BCUT2D eigenvalue weighted by Gasteiger charge is -2.29. The lowest BCUT2D eigenvalue weighted by molar-refractivity contribution is 0.231. The van der Waals surface area contributed by atoms with E-state index >= 15 is 0 Å². The minimum atomic E-state index is -0.227. The zero-order valence-corrected chi connectivity index (χ0v) is 12.3. The third-order valence-corrected chi connectivity index (χ3v) is 4.07. The van der Waals surface area contributed by atoms with Crippen molar-refractivity contribution in [2.45, 2.75) is 25.4 Å². The molecule has 0 saturated carbocycles. The van der Waals surface area contributed by atoms with E-state index in [1.54, 1.807) is 12.1 Å². The lowest BCUT2D eigenvalue weighted by Crippen LogP contribution is -2.40. The second-order valence-electron chi connectivity index (χ2n) is 5.73. The van der Waals surface area contributed by atoms with Crippen LogP contribution < -0.4 is 5.32 Å². The molecular formula is C17H21FN2O. The summed E-state index contributed by atoms with van der Waals surface area (Å²) in [6, 6.07) is 10.9. The van der Waals surface area contributed by atoms with Gasteiger partial charge in [0, 0.05) is 11.6 Å². The number of nitrogens with one attached hydrogen (secondary N) is 1. The van der Waals surface area contributed by atoms with Crippen LogP contribution >= 0.6 is 0 Å². The average molecular weight is 288 g/mol. The van der Waals surface area contributed by atoms with Crippen LogP contribution in [0.3, 0.4) is 0 Å². The molecule has 0 atom stereocenters. The van der Waals surface area contributed by atoms with E-state index in [1.165, 1.54) is 25.0 Å². The zero-order chi connectivity index (χ0) is 14.7. The molecule has 2 heterocycles. The summed E-state index contributed by atoms with van der Waals surface area (Å²) in [6.45, 7) is 3.04. The Morgan fingerprint density at radius 3 is 2.57 bits per heavy atom. The van der Waals surface area contributed by atoms with Crippen LogP contribution in [0.5, 0.6) is 0 Å². The highest BCUT2D eigenvalue weighted by Gasteiger charge is 2.16. The number of likely N-dealkylation sites (tertiary alicyclic amines) is 1. The maximum absolute atomic E-state index is 12.9. The van der Waals surface area contributed by atoms with E-state index in [2.05, 4.69) is 17.3 Å². The highest BCUT2D eigenvalue weighted by Crippen LogP contribution is 2.22. The highest BCUT2D eigenvalue weighted by atomic mass is 19.1. The summed E-state index contributed by atoms with van der Waals surface area (Å²) in [6.07, 6.45) is 2.37. The smallest absolute Gasteiger partial charge is 0.134 e. The minimum absolute atomic E-state index is 0.227. The summed E-state index contributed by atoms with van der Waals surface area (Å²) in [5.41, 5.74) is 0.905. The predicted molar refractivity (Wildman–Crippen MR) is 81.5 cm³/mol. The molecule has 1 aromatic heterocycles. The Morgan fingerprint density at radius 2 is 1.86 bits per heavy atom. The topological polar surface area (TPSA) is 28.4 Å². The van der Waals surface area contributed by atoms with Crippen molar-refractivity contribution in [1.82, 2.24) is 10.2 Å². The third kappa shape index (κ3) is 3.71. The van der Waals surface area contributed by atoms with Crippen LogP contribution in [-0.4, -0.2) is 31.1 Å². The SMILES string of the molecule is CN1CCC(NCc2ccc(-c3ccc(F)cc3)o2)CC1. The van der Waals surface area contributed by atoms with Gasteiger partial charge in [0.25, 0.3) is 0 Å². The first kappa shape index (κ1) is 14.3. The molecule has 1 N–H and O–H groups in total.